The van der Waals surface area contributed by atoms with Crippen LogP contribution in [0.2, 0.25) is 0 Å². The highest BCUT2D eigenvalue weighted by Crippen LogP contribution is 2.25. The molecule has 2 aromatic carbocycles. The van der Waals surface area contributed by atoms with Crippen molar-refractivity contribution in [3.8, 4) is 0 Å². The summed E-state index contributed by atoms with van der Waals surface area (Å²) in [5.41, 5.74) is 11.2. The first-order valence-electron chi connectivity index (χ1n) is 6.82. The van der Waals surface area contributed by atoms with Crippen LogP contribution in [0.3, 0.4) is 0 Å². The number of fused-ring (bicyclic) bond motifs is 1. The summed E-state index contributed by atoms with van der Waals surface area (Å²) in [6.07, 6.45) is 0.463. The maximum Gasteiger partial charge on any atom is 0.227 e. The van der Waals surface area contributed by atoms with Crippen molar-refractivity contribution in [2.45, 2.75) is 26.4 Å². The second kappa shape index (κ2) is 5.00. The Morgan fingerprint density at radius 1 is 1.15 bits per heavy atom. The average Bonchev–Trinajstić information content (AvgIpc) is 2.81. The molecule has 0 aliphatic carbocycles. The molecule has 102 valence electrons. The van der Waals surface area contributed by atoms with E-state index in [2.05, 4.69) is 6.07 Å². The third-order valence-corrected chi connectivity index (χ3v) is 3.74. The molecule has 1 heterocycles. The fourth-order valence-electron chi connectivity index (χ4n) is 2.70. The van der Waals surface area contributed by atoms with Crippen LogP contribution < -0.4 is 5.73 Å². The largest absolute Gasteiger partial charge is 0.399 e. The number of rotatable bonds is 2. The summed E-state index contributed by atoms with van der Waals surface area (Å²) in [4.78, 5) is 14.3. The van der Waals surface area contributed by atoms with Gasteiger partial charge in [0.2, 0.25) is 5.91 Å². The van der Waals surface area contributed by atoms with E-state index in [1.54, 1.807) is 0 Å². The summed E-state index contributed by atoms with van der Waals surface area (Å²) >= 11 is 0. The molecule has 1 amide bonds. The van der Waals surface area contributed by atoms with Crippen molar-refractivity contribution in [1.29, 1.82) is 0 Å². The highest BCUT2D eigenvalue weighted by atomic mass is 16.2. The summed E-state index contributed by atoms with van der Waals surface area (Å²) < 4.78 is 0. The predicted molar refractivity (Wildman–Crippen MR) is 80.0 cm³/mol. The predicted octanol–water partition coefficient (Wildman–Crippen LogP) is 2.66. The van der Waals surface area contributed by atoms with Crippen molar-refractivity contribution < 1.29 is 4.79 Å². The number of amides is 1. The minimum absolute atomic E-state index is 0.172. The zero-order chi connectivity index (χ0) is 14.1. The molecule has 0 radical (unpaired) electrons. The Morgan fingerprint density at radius 3 is 2.75 bits per heavy atom. The van der Waals surface area contributed by atoms with E-state index >= 15 is 0 Å². The van der Waals surface area contributed by atoms with E-state index in [4.69, 9.17) is 5.73 Å². The van der Waals surface area contributed by atoms with Crippen molar-refractivity contribution in [1.82, 2.24) is 4.90 Å². The van der Waals surface area contributed by atoms with Crippen molar-refractivity contribution in [3.63, 3.8) is 0 Å². The molecule has 3 heteroatoms. The molecule has 1 aliphatic rings. The van der Waals surface area contributed by atoms with E-state index in [-0.39, 0.29) is 5.91 Å². The van der Waals surface area contributed by atoms with Gasteiger partial charge in [0.15, 0.2) is 0 Å². The Kier molecular flexibility index (Phi) is 3.18. The molecular weight excluding hydrogens is 248 g/mol. The Labute approximate surface area is 119 Å². The molecule has 20 heavy (non-hydrogen) atoms. The van der Waals surface area contributed by atoms with Gasteiger partial charge in [0, 0.05) is 18.8 Å². The van der Waals surface area contributed by atoms with Gasteiger partial charge in [0.1, 0.15) is 0 Å². The number of nitrogen functional groups attached to an aromatic ring is 1. The topological polar surface area (TPSA) is 46.3 Å². The molecule has 0 bridgehead atoms. The third-order valence-electron chi connectivity index (χ3n) is 3.74. The lowest BCUT2D eigenvalue weighted by Crippen LogP contribution is -2.26. The number of carbonyl (C=O) groups excluding carboxylic acids is 1. The summed E-state index contributed by atoms with van der Waals surface area (Å²) in [5.74, 6) is 0.172. The Bertz CT molecular complexity index is 664. The van der Waals surface area contributed by atoms with Gasteiger partial charge >= 0.3 is 0 Å². The maximum absolute atomic E-state index is 12.4. The summed E-state index contributed by atoms with van der Waals surface area (Å²) in [5, 5.41) is 0. The van der Waals surface area contributed by atoms with Crippen LogP contribution in [0.4, 0.5) is 5.69 Å². The molecule has 2 aromatic rings. The molecule has 0 spiro atoms. The van der Waals surface area contributed by atoms with E-state index in [0.29, 0.717) is 19.5 Å². The number of hydrogen-bond donors (Lipinski definition) is 1. The number of hydrogen-bond acceptors (Lipinski definition) is 2. The van der Waals surface area contributed by atoms with Crippen LogP contribution in [0.15, 0.2) is 42.5 Å². The summed E-state index contributed by atoms with van der Waals surface area (Å²) in [7, 11) is 0. The van der Waals surface area contributed by atoms with Crippen LogP contribution in [0.1, 0.15) is 22.3 Å². The number of aryl methyl sites for hydroxylation is 1. The second-order valence-corrected chi connectivity index (χ2v) is 5.44. The first kappa shape index (κ1) is 12.7. The average molecular weight is 266 g/mol. The molecule has 0 atom stereocenters. The number of nitrogens with zero attached hydrogens (tertiary/aromatic N) is 1. The SMILES string of the molecule is Cc1cccc(CC(=O)N2Cc3ccc(N)cc3C2)c1. The van der Waals surface area contributed by atoms with Crippen LogP contribution >= 0.6 is 0 Å². The molecule has 0 unspecified atom stereocenters. The van der Waals surface area contributed by atoms with Gasteiger partial charge in [0.05, 0.1) is 6.42 Å². The molecule has 0 saturated carbocycles. The number of anilines is 1. The van der Waals surface area contributed by atoms with Gasteiger partial charge in [-0.15, -0.1) is 0 Å². The molecule has 0 saturated heterocycles. The second-order valence-electron chi connectivity index (χ2n) is 5.44. The summed E-state index contributed by atoms with van der Waals surface area (Å²) in [6, 6.07) is 14.0. The fraction of sp³-hybridized carbons (Fsp3) is 0.235. The van der Waals surface area contributed by atoms with Gasteiger partial charge in [-0.3, -0.25) is 4.79 Å². The van der Waals surface area contributed by atoms with Gasteiger partial charge in [-0.25, -0.2) is 0 Å². The number of carbonyl (C=O) groups is 1. The van der Waals surface area contributed by atoms with Crippen molar-refractivity contribution in [2.75, 3.05) is 5.73 Å². The van der Waals surface area contributed by atoms with Gasteiger partial charge < -0.3 is 10.6 Å². The number of benzene rings is 2. The van der Waals surface area contributed by atoms with Crippen LogP contribution in [0.25, 0.3) is 0 Å². The van der Waals surface area contributed by atoms with Crippen molar-refractivity contribution >= 4 is 11.6 Å². The Morgan fingerprint density at radius 2 is 1.95 bits per heavy atom. The highest BCUT2D eigenvalue weighted by Gasteiger charge is 2.23. The molecule has 0 aromatic heterocycles. The van der Waals surface area contributed by atoms with Gasteiger partial charge in [-0.1, -0.05) is 35.9 Å². The fourth-order valence-corrected chi connectivity index (χ4v) is 2.70. The lowest BCUT2D eigenvalue weighted by atomic mass is 10.1. The van der Waals surface area contributed by atoms with E-state index in [1.165, 1.54) is 16.7 Å². The molecule has 3 nitrogen and oxygen atoms in total. The molecule has 0 fully saturated rings. The van der Waals surface area contributed by atoms with E-state index in [9.17, 15) is 4.79 Å². The standard InChI is InChI=1S/C17H18N2O/c1-12-3-2-4-13(7-12)8-17(20)19-10-14-5-6-16(18)9-15(14)11-19/h2-7,9H,8,10-11,18H2,1H3. The number of nitrogens with two attached hydrogens (primary N) is 1. The Balaban J connectivity index is 1.71. The lowest BCUT2D eigenvalue weighted by Gasteiger charge is -2.15. The minimum Gasteiger partial charge on any atom is -0.399 e. The van der Waals surface area contributed by atoms with E-state index in [0.717, 1.165) is 11.3 Å². The molecule has 1 aliphatic heterocycles. The van der Waals surface area contributed by atoms with E-state index < -0.39 is 0 Å². The molecule has 3 rings (SSSR count). The van der Waals surface area contributed by atoms with E-state index in [1.807, 2.05) is 48.2 Å². The van der Waals surface area contributed by atoms with Gasteiger partial charge in [-0.05, 0) is 35.7 Å². The third kappa shape index (κ3) is 2.52. The Hall–Kier alpha value is -2.29. The lowest BCUT2D eigenvalue weighted by molar-refractivity contribution is -0.131. The quantitative estimate of drug-likeness (QED) is 0.849. The normalized spacial score (nSPS) is 13.3. The van der Waals surface area contributed by atoms with Gasteiger partial charge in [0.25, 0.3) is 0 Å². The zero-order valence-corrected chi connectivity index (χ0v) is 11.6. The van der Waals surface area contributed by atoms with Crippen LogP contribution in [0.5, 0.6) is 0 Å². The summed E-state index contributed by atoms with van der Waals surface area (Å²) in [6.45, 7) is 3.41. The molecule has 2 N–H and O–H groups in total. The van der Waals surface area contributed by atoms with Crippen LogP contribution in [0, 0.1) is 6.92 Å². The smallest absolute Gasteiger partial charge is 0.227 e. The van der Waals surface area contributed by atoms with Crippen LogP contribution in [-0.2, 0) is 24.3 Å². The monoisotopic (exact) mass is 266 g/mol. The highest BCUT2D eigenvalue weighted by molar-refractivity contribution is 5.79. The van der Waals surface area contributed by atoms with Gasteiger partial charge in [-0.2, -0.15) is 0 Å². The van der Waals surface area contributed by atoms with Crippen LogP contribution in [-0.4, -0.2) is 10.8 Å². The van der Waals surface area contributed by atoms with Crippen molar-refractivity contribution in [2.24, 2.45) is 0 Å². The maximum atomic E-state index is 12.4. The first-order valence-corrected chi connectivity index (χ1v) is 6.82. The van der Waals surface area contributed by atoms with Crippen molar-refractivity contribution in [3.05, 3.63) is 64.7 Å². The minimum atomic E-state index is 0.172. The molecular formula is C17H18N2O. The first-order chi connectivity index (χ1) is 9.61. The zero-order valence-electron chi connectivity index (χ0n) is 11.6.